The second-order valence-corrected chi connectivity index (χ2v) is 14.5. The van der Waals surface area contributed by atoms with E-state index in [1.165, 1.54) is 17.2 Å². The van der Waals surface area contributed by atoms with Crippen molar-refractivity contribution in [3.8, 4) is 11.5 Å². The molecule has 0 saturated carbocycles. The Bertz CT molecular complexity index is 2410. The minimum Gasteiger partial charge on any atom is -0.444 e. The number of rotatable bonds is 8. The first-order valence-electron chi connectivity index (χ1n) is 18.4. The molecule has 0 spiro atoms. The number of fused-ring (bicyclic) bond motifs is 2. The van der Waals surface area contributed by atoms with Crippen LogP contribution in [0.4, 0.5) is 21.9 Å². The highest BCUT2D eigenvalue weighted by molar-refractivity contribution is 6.06. The zero-order valence-corrected chi connectivity index (χ0v) is 30.3. The average molecular weight is 765 g/mol. The van der Waals surface area contributed by atoms with Gasteiger partial charge in [-0.15, -0.1) is 0 Å². The molecule has 3 saturated heterocycles. The number of nitrogens with zero attached hydrogens (tertiary/aromatic N) is 8. The maximum absolute atomic E-state index is 15.4. The van der Waals surface area contributed by atoms with Crippen LogP contribution >= 0.6 is 0 Å². The summed E-state index contributed by atoms with van der Waals surface area (Å²) in [6, 6.07) is 7.76. The molecule has 4 amide bonds. The van der Waals surface area contributed by atoms with Gasteiger partial charge in [0, 0.05) is 93.4 Å². The molecule has 9 rings (SSSR count). The van der Waals surface area contributed by atoms with Gasteiger partial charge >= 0.3 is 0 Å². The van der Waals surface area contributed by atoms with E-state index < -0.39 is 35.7 Å². The summed E-state index contributed by atoms with van der Waals surface area (Å²) in [6.07, 6.45) is 3.32. The summed E-state index contributed by atoms with van der Waals surface area (Å²) in [7, 11) is 0. The first kappa shape index (κ1) is 35.4. The van der Waals surface area contributed by atoms with Crippen molar-refractivity contribution in [2.75, 3.05) is 54.4 Å². The molecule has 56 heavy (non-hydrogen) atoms. The van der Waals surface area contributed by atoms with Gasteiger partial charge in [-0.25, -0.2) is 14.4 Å². The molecule has 4 aliphatic rings. The van der Waals surface area contributed by atoms with Gasteiger partial charge < -0.3 is 34.0 Å². The van der Waals surface area contributed by atoms with Crippen molar-refractivity contribution in [3.63, 3.8) is 0 Å². The van der Waals surface area contributed by atoms with E-state index in [4.69, 9.17) is 13.8 Å². The molecule has 0 radical (unpaired) electrons. The number of oxazole rings is 2. The highest BCUT2D eigenvalue weighted by atomic mass is 19.1. The lowest BCUT2D eigenvalue weighted by molar-refractivity contribution is -0.136. The maximum Gasteiger partial charge on any atom is 0.300 e. The van der Waals surface area contributed by atoms with E-state index in [2.05, 4.69) is 30.5 Å². The van der Waals surface area contributed by atoms with Crippen molar-refractivity contribution in [2.24, 2.45) is 0 Å². The lowest BCUT2D eigenvalue weighted by Crippen LogP contribution is -2.52. The van der Waals surface area contributed by atoms with Crippen LogP contribution in [-0.2, 0) is 22.7 Å². The predicted octanol–water partition coefficient (Wildman–Crippen LogP) is 2.63. The van der Waals surface area contributed by atoms with E-state index in [1.54, 1.807) is 24.4 Å². The third-order valence-corrected chi connectivity index (χ3v) is 10.7. The number of aliphatic hydroxyl groups is 1. The fourth-order valence-corrected chi connectivity index (χ4v) is 7.72. The number of aliphatic hydroxyl groups excluding tert-OH is 1. The summed E-state index contributed by atoms with van der Waals surface area (Å²) in [4.78, 5) is 76.0. The van der Waals surface area contributed by atoms with Gasteiger partial charge in [-0.3, -0.25) is 34.4 Å². The zero-order valence-electron chi connectivity index (χ0n) is 30.3. The van der Waals surface area contributed by atoms with Crippen molar-refractivity contribution in [1.29, 1.82) is 0 Å². The molecule has 288 valence electrons. The van der Waals surface area contributed by atoms with E-state index in [1.807, 2.05) is 22.8 Å². The van der Waals surface area contributed by atoms with E-state index in [-0.39, 0.29) is 42.4 Å². The number of carbonyl (C=O) groups excluding carboxylic acids is 4. The summed E-state index contributed by atoms with van der Waals surface area (Å²) in [6.45, 7) is 5.41. The molecule has 0 aliphatic carbocycles. The third-order valence-electron chi connectivity index (χ3n) is 10.7. The Hall–Kier alpha value is -6.27. The van der Waals surface area contributed by atoms with Gasteiger partial charge in [0.15, 0.2) is 17.1 Å². The molecule has 4 aliphatic heterocycles. The number of benzene rings is 1. The number of piperazine rings is 1. The second-order valence-electron chi connectivity index (χ2n) is 14.5. The SMILES string of the molecule is Cc1cc(-c2nc(C(=O)Nc3cc4oc(N5CCN(Cc6cc7c(cc6F)C(=O)N(C6CCC(=O)NC6=O)C7)CC5)nc4nc3N3CC[C@@H](O)C3)co2)ccn1. The molecule has 4 aromatic heterocycles. The van der Waals surface area contributed by atoms with Crippen LogP contribution in [0.15, 0.2) is 51.6 Å². The van der Waals surface area contributed by atoms with Gasteiger partial charge in [0.25, 0.3) is 17.8 Å². The summed E-state index contributed by atoms with van der Waals surface area (Å²) >= 11 is 0. The number of aryl methyl sites for hydroxylation is 1. The third kappa shape index (κ3) is 6.70. The number of hydrogen-bond acceptors (Lipinski definition) is 14. The number of imide groups is 1. The van der Waals surface area contributed by atoms with Gasteiger partial charge in [0.2, 0.25) is 23.4 Å². The van der Waals surface area contributed by atoms with Crippen LogP contribution in [0, 0.1) is 12.7 Å². The standard InChI is InChI=1S/C38H37FN10O7/c1-20-12-21(4-6-40-20)36-42-28(19-55-36)34(52)41-27-15-30-32(44-33(27)48-7-5-24(50)18-48)45-38(56-30)47-10-8-46(9-11-47)16-23-13-22-17-49(37(54)25(22)14-26(23)39)29-2-3-31(51)43-35(29)53/h4,6,12-15,19,24,29,50H,2-3,5,7-11,16-18H2,1H3,(H,41,52)(H,43,51,53)/t24-,29?/m1/s1. The Labute approximate surface area is 318 Å². The molecule has 17 nitrogen and oxygen atoms in total. The van der Waals surface area contributed by atoms with Crippen LogP contribution in [0.1, 0.15) is 56.9 Å². The van der Waals surface area contributed by atoms with Gasteiger partial charge in [-0.1, -0.05) is 0 Å². The summed E-state index contributed by atoms with van der Waals surface area (Å²) in [5, 5.41) is 15.5. The first-order valence-corrected chi connectivity index (χ1v) is 18.4. The topological polar surface area (TPSA) is 203 Å². The fourth-order valence-electron chi connectivity index (χ4n) is 7.72. The highest BCUT2D eigenvalue weighted by Gasteiger charge is 2.40. The van der Waals surface area contributed by atoms with Crippen LogP contribution in [0.3, 0.4) is 0 Å². The Morgan fingerprint density at radius 1 is 1.04 bits per heavy atom. The molecule has 18 heteroatoms. The summed E-state index contributed by atoms with van der Waals surface area (Å²) in [5.41, 5.74) is 3.94. The molecule has 3 fully saturated rings. The van der Waals surface area contributed by atoms with Crippen LogP contribution in [0.2, 0.25) is 0 Å². The van der Waals surface area contributed by atoms with E-state index in [9.17, 15) is 24.3 Å². The zero-order chi connectivity index (χ0) is 38.7. The Morgan fingerprint density at radius 3 is 2.64 bits per heavy atom. The van der Waals surface area contributed by atoms with Crippen LogP contribution < -0.4 is 20.4 Å². The maximum atomic E-state index is 15.4. The highest BCUT2D eigenvalue weighted by Crippen LogP contribution is 2.34. The Morgan fingerprint density at radius 2 is 1.88 bits per heavy atom. The number of anilines is 3. The van der Waals surface area contributed by atoms with Crippen molar-refractivity contribution in [1.82, 2.24) is 35.1 Å². The minimum atomic E-state index is -0.768. The van der Waals surface area contributed by atoms with Crippen molar-refractivity contribution >= 4 is 52.4 Å². The molecule has 2 atom stereocenters. The fraction of sp³-hybridized carbons (Fsp3) is 0.368. The largest absolute Gasteiger partial charge is 0.444 e. The molecule has 3 N–H and O–H groups in total. The molecule has 1 unspecified atom stereocenters. The summed E-state index contributed by atoms with van der Waals surface area (Å²) in [5.74, 6) is -1.57. The van der Waals surface area contributed by atoms with Crippen molar-refractivity contribution in [2.45, 2.75) is 51.4 Å². The first-order chi connectivity index (χ1) is 27.1. The molecular formula is C38H37FN10O7. The normalized spacial score (nSPS) is 20.3. The van der Waals surface area contributed by atoms with Gasteiger partial charge in [-0.05, 0) is 49.6 Å². The van der Waals surface area contributed by atoms with Crippen LogP contribution in [0.25, 0.3) is 22.7 Å². The number of piperidine rings is 1. The van der Waals surface area contributed by atoms with Crippen molar-refractivity contribution in [3.05, 3.63) is 76.7 Å². The van der Waals surface area contributed by atoms with Gasteiger partial charge in [0.05, 0.1) is 11.8 Å². The number of halogens is 1. The molecule has 8 heterocycles. The lowest BCUT2D eigenvalue weighted by Gasteiger charge is -2.33. The van der Waals surface area contributed by atoms with Crippen LogP contribution in [-0.4, -0.2) is 110 Å². The molecule has 0 bridgehead atoms. The minimum absolute atomic E-state index is 0.0700. The van der Waals surface area contributed by atoms with E-state index >= 15 is 4.39 Å². The molecule has 5 aromatic rings. The average Bonchev–Trinajstić information content (AvgIpc) is 3.99. The number of β-amino-alcohol motifs (C(OH)–C–C–N with tert-alkyl or cyclic N) is 1. The van der Waals surface area contributed by atoms with Gasteiger partial charge in [0.1, 0.15) is 18.1 Å². The quantitative estimate of drug-likeness (QED) is 0.195. The Balaban J connectivity index is 0.884. The van der Waals surface area contributed by atoms with Gasteiger partial charge in [-0.2, -0.15) is 4.98 Å². The number of hydrogen-bond donors (Lipinski definition) is 3. The van der Waals surface area contributed by atoms with Crippen LogP contribution in [0.5, 0.6) is 0 Å². The number of carbonyl (C=O) groups is 4. The number of nitrogens with one attached hydrogen (secondary N) is 2. The Kier molecular flexibility index (Phi) is 8.92. The lowest BCUT2D eigenvalue weighted by atomic mass is 10.0. The van der Waals surface area contributed by atoms with E-state index in [0.29, 0.717) is 97.7 Å². The van der Waals surface area contributed by atoms with Crippen molar-refractivity contribution < 1.29 is 37.5 Å². The number of amides is 4. The smallest absolute Gasteiger partial charge is 0.300 e. The second kappa shape index (κ2) is 14.1. The van der Waals surface area contributed by atoms with E-state index in [0.717, 1.165) is 5.69 Å². The monoisotopic (exact) mass is 764 g/mol. The number of pyridine rings is 2. The molecular weight excluding hydrogens is 727 g/mol. The predicted molar refractivity (Wildman–Crippen MR) is 197 cm³/mol. The summed E-state index contributed by atoms with van der Waals surface area (Å²) < 4.78 is 27.2. The molecule has 1 aromatic carbocycles. The number of aromatic nitrogens is 4.